The molecule has 1 aromatic carbocycles. The Morgan fingerprint density at radius 1 is 1.37 bits per heavy atom. The van der Waals surface area contributed by atoms with E-state index in [0.717, 1.165) is 12.8 Å². The summed E-state index contributed by atoms with van der Waals surface area (Å²) in [5.74, 6) is 0.326. The van der Waals surface area contributed by atoms with Crippen molar-refractivity contribution in [3.63, 3.8) is 0 Å². The molecular weight excluding hydrogens is 238 g/mol. The van der Waals surface area contributed by atoms with E-state index >= 15 is 0 Å². The first-order valence-corrected chi connectivity index (χ1v) is 7.00. The van der Waals surface area contributed by atoms with Gasteiger partial charge in [-0.3, -0.25) is 0 Å². The molecule has 3 atom stereocenters. The fraction of sp³-hybridized carbons (Fsp3) is 0.625. The summed E-state index contributed by atoms with van der Waals surface area (Å²) in [5.41, 5.74) is 1.45. The molecule has 0 radical (unpaired) electrons. The van der Waals surface area contributed by atoms with Crippen molar-refractivity contribution in [1.29, 1.82) is 0 Å². The molecule has 3 unspecified atom stereocenters. The predicted molar refractivity (Wildman–Crippen MR) is 77.4 cm³/mol. The quantitative estimate of drug-likeness (QED) is 0.858. The predicted octanol–water partition coefficient (Wildman–Crippen LogP) is 2.73. The fourth-order valence-corrected chi connectivity index (χ4v) is 2.96. The molecule has 0 bridgehead atoms. The van der Waals surface area contributed by atoms with Gasteiger partial charge < -0.3 is 15.2 Å². The number of nitrogens with one attached hydrogen (secondary N) is 1. The Labute approximate surface area is 116 Å². The first-order chi connectivity index (χ1) is 8.93. The van der Waals surface area contributed by atoms with Crippen LogP contribution in [0.25, 0.3) is 0 Å². The third kappa shape index (κ3) is 3.10. The average molecular weight is 263 g/mol. The molecule has 1 aromatic rings. The second-order valence-electron chi connectivity index (χ2n) is 6.27. The lowest BCUT2D eigenvalue weighted by molar-refractivity contribution is -0.0997. The van der Waals surface area contributed by atoms with Gasteiger partial charge in [0.25, 0.3) is 0 Å². The maximum absolute atomic E-state index is 9.28. The topological polar surface area (TPSA) is 41.5 Å². The minimum Gasteiger partial charge on any atom is -0.508 e. The van der Waals surface area contributed by atoms with Gasteiger partial charge in [0.15, 0.2) is 0 Å². The second-order valence-corrected chi connectivity index (χ2v) is 6.27. The largest absolute Gasteiger partial charge is 0.508 e. The molecule has 1 fully saturated rings. The minimum absolute atomic E-state index is 0.206. The highest BCUT2D eigenvalue weighted by Crippen LogP contribution is 2.42. The molecule has 0 saturated heterocycles. The number of phenolic OH excluding ortho intramolecular Hbond substituents is 1. The normalized spacial score (nSPS) is 26.7. The van der Waals surface area contributed by atoms with Gasteiger partial charge in [-0.2, -0.15) is 0 Å². The molecule has 0 spiro atoms. The summed E-state index contributed by atoms with van der Waals surface area (Å²) in [6.45, 7) is 6.73. The van der Waals surface area contributed by atoms with Gasteiger partial charge in [-0.15, -0.1) is 0 Å². The molecule has 3 nitrogen and oxygen atoms in total. The minimum atomic E-state index is 0.206. The highest BCUT2D eigenvalue weighted by Gasteiger charge is 2.48. The van der Waals surface area contributed by atoms with E-state index in [2.05, 4.69) is 26.1 Å². The molecule has 0 aromatic heterocycles. The van der Waals surface area contributed by atoms with Crippen LogP contribution in [-0.2, 0) is 11.2 Å². The maximum atomic E-state index is 9.28. The summed E-state index contributed by atoms with van der Waals surface area (Å²) >= 11 is 0. The summed E-state index contributed by atoms with van der Waals surface area (Å²) in [7, 11) is 1.79. The number of phenols is 1. The van der Waals surface area contributed by atoms with Gasteiger partial charge in [0.05, 0.1) is 6.10 Å². The Kier molecular flexibility index (Phi) is 4.16. The van der Waals surface area contributed by atoms with Gasteiger partial charge in [-0.25, -0.2) is 0 Å². The lowest BCUT2D eigenvalue weighted by Crippen LogP contribution is -2.62. The van der Waals surface area contributed by atoms with Crippen molar-refractivity contribution in [2.24, 2.45) is 5.41 Å². The van der Waals surface area contributed by atoms with Crippen molar-refractivity contribution in [2.45, 2.75) is 51.8 Å². The molecular formula is C16H25NO2. The van der Waals surface area contributed by atoms with Crippen LogP contribution < -0.4 is 5.32 Å². The highest BCUT2D eigenvalue weighted by molar-refractivity contribution is 5.26. The van der Waals surface area contributed by atoms with Crippen LogP contribution >= 0.6 is 0 Å². The van der Waals surface area contributed by atoms with E-state index < -0.39 is 0 Å². The zero-order valence-electron chi connectivity index (χ0n) is 12.3. The summed E-state index contributed by atoms with van der Waals surface area (Å²) in [4.78, 5) is 0. The zero-order valence-corrected chi connectivity index (χ0v) is 12.3. The van der Waals surface area contributed by atoms with E-state index in [0.29, 0.717) is 23.9 Å². The van der Waals surface area contributed by atoms with E-state index in [9.17, 15) is 5.11 Å². The van der Waals surface area contributed by atoms with Crippen molar-refractivity contribution in [3.8, 4) is 5.75 Å². The van der Waals surface area contributed by atoms with Gasteiger partial charge in [0.1, 0.15) is 5.75 Å². The Bertz CT molecular complexity index is 413. The Morgan fingerprint density at radius 3 is 2.53 bits per heavy atom. The van der Waals surface area contributed by atoms with Crippen molar-refractivity contribution >= 4 is 0 Å². The summed E-state index contributed by atoms with van der Waals surface area (Å²) < 4.78 is 5.48. The van der Waals surface area contributed by atoms with Crippen LogP contribution in [0.2, 0.25) is 0 Å². The maximum Gasteiger partial charge on any atom is 0.115 e. The average Bonchev–Trinajstić information content (AvgIpc) is 2.37. The van der Waals surface area contributed by atoms with Crippen LogP contribution in [-0.4, -0.2) is 30.4 Å². The van der Waals surface area contributed by atoms with E-state index in [1.807, 2.05) is 12.1 Å². The van der Waals surface area contributed by atoms with Gasteiger partial charge in [-0.05, 0) is 37.5 Å². The van der Waals surface area contributed by atoms with E-state index in [1.54, 1.807) is 19.2 Å². The zero-order chi connectivity index (χ0) is 14.0. The molecule has 0 amide bonds. The Balaban J connectivity index is 1.85. The van der Waals surface area contributed by atoms with Gasteiger partial charge in [0, 0.05) is 24.6 Å². The van der Waals surface area contributed by atoms with E-state index in [-0.39, 0.29) is 5.41 Å². The lowest BCUT2D eigenvalue weighted by Gasteiger charge is -2.52. The third-order valence-corrected chi connectivity index (χ3v) is 4.43. The first kappa shape index (κ1) is 14.4. The summed E-state index contributed by atoms with van der Waals surface area (Å²) in [5, 5.41) is 13.0. The number of ether oxygens (including phenoxy) is 1. The second kappa shape index (κ2) is 5.51. The van der Waals surface area contributed by atoms with E-state index in [4.69, 9.17) is 4.74 Å². The SMILES string of the molecule is COC1CC(NC(C)Cc2ccc(O)cc2)C1(C)C. The standard InChI is InChI=1S/C16H25NO2/c1-11(9-12-5-7-13(18)8-6-12)17-14-10-15(19-4)16(14,2)3/h5-8,11,14-15,17-18H,9-10H2,1-4H3. The molecule has 1 saturated carbocycles. The van der Waals surface area contributed by atoms with Gasteiger partial charge >= 0.3 is 0 Å². The summed E-state index contributed by atoms with van der Waals surface area (Å²) in [6.07, 6.45) is 2.43. The smallest absolute Gasteiger partial charge is 0.115 e. The van der Waals surface area contributed by atoms with Crippen molar-refractivity contribution in [1.82, 2.24) is 5.32 Å². The molecule has 1 aliphatic carbocycles. The van der Waals surface area contributed by atoms with Gasteiger partial charge in [-0.1, -0.05) is 26.0 Å². The highest BCUT2D eigenvalue weighted by atomic mass is 16.5. The molecule has 0 aliphatic heterocycles. The van der Waals surface area contributed by atoms with Crippen LogP contribution in [0.5, 0.6) is 5.75 Å². The number of methoxy groups -OCH3 is 1. The molecule has 3 heteroatoms. The first-order valence-electron chi connectivity index (χ1n) is 7.00. The van der Waals surface area contributed by atoms with E-state index in [1.165, 1.54) is 5.56 Å². The lowest BCUT2D eigenvalue weighted by atomic mass is 9.64. The molecule has 106 valence electrons. The van der Waals surface area contributed by atoms with Crippen LogP contribution in [0.4, 0.5) is 0 Å². The molecule has 1 aliphatic rings. The third-order valence-electron chi connectivity index (χ3n) is 4.43. The molecule has 2 N–H and O–H groups in total. The van der Waals surface area contributed by atoms with Crippen molar-refractivity contribution in [3.05, 3.63) is 29.8 Å². The monoisotopic (exact) mass is 263 g/mol. The van der Waals surface area contributed by atoms with Crippen LogP contribution in [0.15, 0.2) is 24.3 Å². The number of rotatable bonds is 5. The van der Waals surface area contributed by atoms with Crippen molar-refractivity contribution < 1.29 is 9.84 Å². The number of hydrogen-bond donors (Lipinski definition) is 2. The Hall–Kier alpha value is -1.06. The number of benzene rings is 1. The molecule has 19 heavy (non-hydrogen) atoms. The van der Waals surface area contributed by atoms with Crippen molar-refractivity contribution in [2.75, 3.05) is 7.11 Å². The van der Waals surface area contributed by atoms with Crippen LogP contribution in [0.3, 0.4) is 0 Å². The fourth-order valence-electron chi connectivity index (χ4n) is 2.96. The molecule has 0 heterocycles. The Morgan fingerprint density at radius 2 is 2.00 bits per heavy atom. The van der Waals surface area contributed by atoms with Crippen LogP contribution in [0.1, 0.15) is 32.8 Å². The van der Waals surface area contributed by atoms with Gasteiger partial charge in [0.2, 0.25) is 0 Å². The van der Waals surface area contributed by atoms with Crippen LogP contribution in [0, 0.1) is 5.41 Å². The number of aromatic hydroxyl groups is 1. The summed E-state index contributed by atoms with van der Waals surface area (Å²) in [6, 6.07) is 8.40. The number of hydrogen-bond acceptors (Lipinski definition) is 3. The molecule has 2 rings (SSSR count).